The van der Waals surface area contributed by atoms with E-state index < -0.39 is 42.0 Å². The third kappa shape index (κ3) is 7.98. The Labute approximate surface area is 156 Å². The topological polar surface area (TPSA) is 114 Å². The lowest BCUT2D eigenvalue weighted by atomic mass is 10.1. The van der Waals surface area contributed by atoms with Crippen LogP contribution in [0, 0.1) is 0 Å². The molecule has 1 aromatic carbocycles. The number of carbonyl (C=O) groups is 4. The van der Waals surface area contributed by atoms with Crippen LogP contribution in [0.2, 0.25) is 5.02 Å². The number of imide groups is 1. The molecule has 1 atom stereocenters. The van der Waals surface area contributed by atoms with Crippen molar-refractivity contribution in [2.75, 3.05) is 6.61 Å². The van der Waals surface area contributed by atoms with Crippen molar-refractivity contribution in [3.63, 3.8) is 0 Å². The summed E-state index contributed by atoms with van der Waals surface area (Å²) in [7, 11) is 0. The number of esters is 1. The van der Waals surface area contributed by atoms with E-state index in [1.807, 2.05) is 5.32 Å². The highest BCUT2D eigenvalue weighted by molar-refractivity contribution is 6.30. The third-order valence-corrected chi connectivity index (χ3v) is 3.15. The highest BCUT2D eigenvalue weighted by Crippen LogP contribution is 2.09. The second kappa shape index (κ2) is 9.19. The first-order valence-corrected chi connectivity index (χ1v) is 8.21. The predicted molar refractivity (Wildman–Crippen MR) is 95.8 cm³/mol. The molecule has 0 radical (unpaired) electrons. The van der Waals surface area contributed by atoms with Crippen molar-refractivity contribution in [2.45, 2.75) is 39.3 Å². The van der Waals surface area contributed by atoms with Crippen LogP contribution in [0.4, 0.5) is 4.79 Å². The minimum Gasteiger partial charge on any atom is -0.454 e. The first-order chi connectivity index (χ1) is 12.0. The molecule has 0 spiro atoms. The standard InChI is InChI=1S/C17H22ClN3O5/c1-10(19-14(23)11-5-7-12(18)8-6-11)15(24)26-9-13(22)20-16(25)21-17(2,3)4/h5-8,10H,9H2,1-4H3,(H,19,23)(H2,20,21,22,25)/t10-/m0/s1. The normalized spacial score (nSPS) is 11.9. The number of carbonyl (C=O) groups excluding carboxylic acids is 4. The number of rotatable bonds is 5. The Kier molecular flexibility index (Phi) is 7.57. The first kappa shape index (κ1) is 21.4. The van der Waals surface area contributed by atoms with Crippen molar-refractivity contribution in [1.82, 2.24) is 16.0 Å². The molecule has 0 aliphatic rings. The van der Waals surface area contributed by atoms with E-state index in [1.165, 1.54) is 19.1 Å². The van der Waals surface area contributed by atoms with Crippen LogP contribution in [-0.4, -0.2) is 42.0 Å². The number of nitrogens with one attached hydrogen (secondary N) is 3. The molecule has 0 saturated heterocycles. The van der Waals surface area contributed by atoms with E-state index in [9.17, 15) is 19.2 Å². The second-order valence-corrected chi connectivity index (χ2v) is 7.00. The molecule has 3 N–H and O–H groups in total. The van der Waals surface area contributed by atoms with Gasteiger partial charge in [-0.15, -0.1) is 0 Å². The van der Waals surface area contributed by atoms with E-state index >= 15 is 0 Å². The van der Waals surface area contributed by atoms with Gasteiger partial charge in [0, 0.05) is 16.1 Å². The first-order valence-electron chi connectivity index (χ1n) is 7.83. The van der Waals surface area contributed by atoms with Crippen LogP contribution in [0.15, 0.2) is 24.3 Å². The summed E-state index contributed by atoms with van der Waals surface area (Å²) in [5.74, 6) is -2.07. The van der Waals surface area contributed by atoms with Gasteiger partial charge in [-0.2, -0.15) is 0 Å². The zero-order valence-electron chi connectivity index (χ0n) is 15.0. The molecule has 0 heterocycles. The lowest BCUT2D eigenvalue weighted by molar-refractivity contribution is -0.149. The van der Waals surface area contributed by atoms with Crippen LogP contribution >= 0.6 is 11.6 Å². The van der Waals surface area contributed by atoms with Gasteiger partial charge < -0.3 is 15.4 Å². The van der Waals surface area contributed by atoms with Crippen LogP contribution in [0.5, 0.6) is 0 Å². The monoisotopic (exact) mass is 383 g/mol. The van der Waals surface area contributed by atoms with Gasteiger partial charge in [0.1, 0.15) is 6.04 Å². The van der Waals surface area contributed by atoms with Gasteiger partial charge >= 0.3 is 12.0 Å². The lowest BCUT2D eigenvalue weighted by Crippen LogP contribution is -2.49. The second-order valence-electron chi connectivity index (χ2n) is 6.56. The summed E-state index contributed by atoms with van der Waals surface area (Å²) < 4.78 is 4.79. The van der Waals surface area contributed by atoms with Crippen molar-refractivity contribution in [3.8, 4) is 0 Å². The van der Waals surface area contributed by atoms with Crippen LogP contribution in [0.25, 0.3) is 0 Å². The average Bonchev–Trinajstić information content (AvgIpc) is 2.51. The van der Waals surface area contributed by atoms with Crippen molar-refractivity contribution < 1.29 is 23.9 Å². The minimum atomic E-state index is -0.977. The summed E-state index contributed by atoms with van der Waals surface area (Å²) >= 11 is 5.74. The quantitative estimate of drug-likeness (QED) is 0.668. The summed E-state index contributed by atoms with van der Waals surface area (Å²) in [4.78, 5) is 47.0. The molecule has 142 valence electrons. The smallest absolute Gasteiger partial charge is 0.328 e. The number of hydrogen-bond donors (Lipinski definition) is 3. The van der Waals surface area contributed by atoms with Gasteiger partial charge in [-0.05, 0) is 52.0 Å². The molecule has 0 bridgehead atoms. The molecule has 9 heteroatoms. The van der Waals surface area contributed by atoms with Gasteiger partial charge in [0.25, 0.3) is 11.8 Å². The molecule has 0 fully saturated rings. The van der Waals surface area contributed by atoms with Crippen molar-refractivity contribution in [2.24, 2.45) is 0 Å². The molecule has 1 rings (SSSR count). The van der Waals surface area contributed by atoms with Crippen molar-refractivity contribution in [1.29, 1.82) is 0 Å². The Bertz CT molecular complexity index is 683. The Hall–Kier alpha value is -2.61. The molecule has 0 unspecified atom stereocenters. The SMILES string of the molecule is C[C@H](NC(=O)c1ccc(Cl)cc1)C(=O)OCC(=O)NC(=O)NC(C)(C)C. The summed E-state index contributed by atoms with van der Waals surface area (Å²) in [6.45, 7) is 6.03. The minimum absolute atomic E-state index is 0.325. The summed E-state index contributed by atoms with van der Waals surface area (Å²) in [6.07, 6.45) is 0. The molecule has 0 saturated carbocycles. The van der Waals surface area contributed by atoms with Gasteiger partial charge in [-0.1, -0.05) is 11.6 Å². The Morgan fingerprint density at radius 1 is 1.12 bits per heavy atom. The van der Waals surface area contributed by atoms with E-state index in [4.69, 9.17) is 16.3 Å². The van der Waals surface area contributed by atoms with E-state index in [-0.39, 0.29) is 0 Å². The molecule has 0 aliphatic heterocycles. The van der Waals surface area contributed by atoms with Crippen LogP contribution in [-0.2, 0) is 14.3 Å². The molecule has 1 aromatic rings. The fraction of sp³-hybridized carbons (Fsp3) is 0.412. The maximum Gasteiger partial charge on any atom is 0.328 e. The number of ether oxygens (including phenoxy) is 1. The van der Waals surface area contributed by atoms with Gasteiger partial charge in [-0.3, -0.25) is 14.9 Å². The number of hydrogen-bond acceptors (Lipinski definition) is 5. The van der Waals surface area contributed by atoms with Crippen LogP contribution in [0.1, 0.15) is 38.1 Å². The molecular weight excluding hydrogens is 362 g/mol. The van der Waals surface area contributed by atoms with E-state index in [0.717, 1.165) is 0 Å². The molecule has 8 nitrogen and oxygen atoms in total. The van der Waals surface area contributed by atoms with Crippen LogP contribution < -0.4 is 16.0 Å². The van der Waals surface area contributed by atoms with Crippen molar-refractivity contribution in [3.05, 3.63) is 34.9 Å². The zero-order chi connectivity index (χ0) is 19.9. The highest BCUT2D eigenvalue weighted by Gasteiger charge is 2.20. The molecule has 0 aromatic heterocycles. The summed E-state index contributed by atoms with van der Waals surface area (Å²) in [5, 5.41) is 7.49. The molecule has 0 aliphatic carbocycles. The molecule has 26 heavy (non-hydrogen) atoms. The number of halogens is 1. The largest absolute Gasteiger partial charge is 0.454 e. The fourth-order valence-electron chi connectivity index (χ4n) is 1.74. The number of amides is 4. The van der Waals surface area contributed by atoms with E-state index in [1.54, 1.807) is 32.9 Å². The average molecular weight is 384 g/mol. The maximum atomic E-state index is 12.0. The van der Waals surface area contributed by atoms with E-state index in [0.29, 0.717) is 10.6 Å². The Morgan fingerprint density at radius 3 is 2.23 bits per heavy atom. The van der Waals surface area contributed by atoms with Gasteiger partial charge in [0.2, 0.25) is 0 Å². The van der Waals surface area contributed by atoms with Crippen molar-refractivity contribution >= 4 is 35.4 Å². The summed E-state index contributed by atoms with van der Waals surface area (Å²) in [5.41, 5.74) is -0.188. The fourth-order valence-corrected chi connectivity index (χ4v) is 1.86. The third-order valence-electron chi connectivity index (χ3n) is 2.89. The Balaban J connectivity index is 2.42. The molecular formula is C17H22ClN3O5. The highest BCUT2D eigenvalue weighted by atomic mass is 35.5. The number of urea groups is 1. The van der Waals surface area contributed by atoms with Gasteiger partial charge in [0.05, 0.1) is 0 Å². The van der Waals surface area contributed by atoms with Gasteiger partial charge in [-0.25, -0.2) is 9.59 Å². The molecule has 4 amide bonds. The van der Waals surface area contributed by atoms with Gasteiger partial charge in [0.15, 0.2) is 6.61 Å². The number of benzene rings is 1. The Morgan fingerprint density at radius 2 is 1.69 bits per heavy atom. The lowest BCUT2D eigenvalue weighted by Gasteiger charge is -2.20. The maximum absolute atomic E-state index is 12.0. The van der Waals surface area contributed by atoms with E-state index in [2.05, 4.69) is 10.6 Å². The summed E-state index contributed by atoms with van der Waals surface area (Å²) in [6, 6.07) is 4.45. The van der Waals surface area contributed by atoms with Crippen LogP contribution in [0.3, 0.4) is 0 Å². The zero-order valence-corrected chi connectivity index (χ0v) is 15.8. The predicted octanol–water partition coefficient (Wildman–Crippen LogP) is 1.63.